The van der Waals surface area contributed by atoms with Gasteiger partial charge >= 0.3 is 5.97 Å². The molecule has 6 nitrogen and oxygen atoms in total. The maximum atomic E-state index is 12.4. The Morgan fingerprint density at radius 3 is 2.25 bits per heavy atom. The second-order valence-corrected chi connectivity index (χ2v) is 7.71. The summed E-state index contributed by atoms with van der Waals surface area (Å²) in [6.07, 6.45) is 1.45. The maximum Gasteiger partial charge on any atom is 0.344 e. The molecule has 1 amide bonds. The minimum absolute atomic E-state index is 0.118. The zero-order chi connectivity index (χ0) is 22.5. The molecule has 0 heterocycles. The van der Waals surface area contributed by atoms with Gasteiger partial charge in [-0.05, 0) is 80.8 Å². The van der Waals surface area contributed by atoms with Gasteiger partial charge in [-0.1, -0.05) is 36.4 Å². The van der Waals surface area contributed by atoms with E-state index in [9.17, 15) is 14.7 Å². The Kier molecular flexibility index (Phi) is 6.28. The van der Waals surface area contributed by atoms with E-state index >= 15 is 0 Å². The number of rotatable bonds is 5. The molecule has 0 saturated heterocycles. The van der Waals surface area contributed by atoms with Crippen LogP contribution in [0.2, 0.25) is 0 Å². The third-order valence-corrected chi connectivity index (χ3v) is 5.36. The highest BCUT2D eigenvalue weighted by atomic mass is 79.9. The van der Waals surface area contributed by atoms with Gasteiger partial charge in [0, 0.05) is 4.47 Å². The van der Waals surface area contributed by atoms with Gasteiger partial charge in [-0.2, -0.15) is 5.10 Å². The number of aromatic hydroxyl groups is 1. The number of carbonyl (C=O) groups excluding carboxylic acids is 2. The number of hydrazone groups is 1. The molecule has 0 spiro atoms. The highest BCUT2D eigenvalue weighted by molar-refractivity contribution is 9.10. The number of nitrogens with one attached hydrogen (secondary N) is 1. The lowest BCUT2D eigenvalue weighted by Crippen LogP contribution is -2.17. The molecule has 32 heavy (non-hydrogen) atoms. The van der Waals surface area contributed by atoms with Crippen LogP contribution >= 0.6 is 15.9 Å². The van der Waals surface area contributed by atoms with Crippen molar-refractivity contribution in [2.45, 2.75) is 0 Å². The number of halogens is 1. The molecule has 2 N–H and O–H groups in total. The van der Waals surface area contributed by atoms with Gasteiger partial charge in [0.05, 0.1) is 17.3 Å². The van der Waals surface area contributed by atoms with Crippen LogP contribution < -0.4 is 10.2 Å². The van der Waals surface area contributed by atoms with Gasteiger partial charge < -0.3 is 9.84 Å². The number of hydrogen-bond acceptors (Lipinski definition) is 5. The summed E-state index contributed by atoms with van der Waals surface area (Å²) in [4.78, 5) is 24.7. The van der Waals surface area contributed by atoms with E-state index in [0.717, 1.165) is 10.8 Å². The van der Waals surface area contributed by atoms with Crippen LogP contribution in [0.5, 0.6) is 11.5 Å². The molecule has 7 heteroatoms. The van der Waals surface area contributed by atoms with Crippen LogP contribution in [0.4, 0.5) is 0 Å². The number of nitrogens with zero attached hydrogens (tertiary/aromatic N) is 1. The van der Waals surface area contributed by atoms with Crippen molar-refractivity contribution in [1.82, 2.24) is 5.43 Å². The third-order valence-electron chi connectivity index (χ3n) is 4.67. The lowest BCUT2D eigenvalue weighted by Gasteiger charge is -2.06. The molecule has 4 rings (SSSR count). The number of hydrogen-bond donors (Lipinski definition) is 2. The van der Waals surface area contributed by atoms with E-state index in [1.54, 1.807) is 54.6 Å². The van der Waals surface area contributed by atoms with E-state index in [2.05, 4.69) is 26.5 Å². The zero-order valence-electron chi connectivity index (χ0n) is 16.7. The van der Waals surface area contributed by atoms with Crippen molar-refractivity contribution >= 4 is 44.8 Å². The molecular formula is C25H17BrN2O4. The third kappa shape index (κ3) is 4.84. The molecule has 0 unspecified atom stereocenters. The number of benzene rings is 4. The topological polar surface area (TPSA) is 88.0 Å². The van der Waals surface area contributed by atoms with Gasteiger partial charge in [0.15, 0.2) is 0 Å². The van der Waals surface area contributed by atoms with Gasteiger partial charge in [0.25, 0.3) is 5.91 Å². The Morgan fingerprint density at radius 2 is 1.53 bits per heavy atom. The number of phenols is 1. The van der Waals surface area contributed by atoms with Crippen molar-refractivity contribution in [2.24, 2.45) is 5.10 Å². The first-order valence-electron chi connectivity index (χ1n) is 9.63. The molecular weight excluding hydrogens is 472 g/mol. The molecule has 0 saturated carbocycles. The molecule has 0 aliphatic carbocycles. The average Bonchev–Trinajstić information content (AvgIpc) is 2.80. The summed E-state index contributed by atoms with van der Waals surface area (Å²) in [7, 11) is 0. The summed E-state index contributed by atoms with van der Waals surface area (Å²) in [6.45, 7) is 0. The smallest absolute Gasteiger partial charge is 0.344 e. The molecule has 0 radical (unpaired) electrons. The molecule has 158 valence electrons. The summed E-state index contributed by atoms with van der Waals surface area (Å²) in [5.41, 5.74) is 3.66. The quantitative estimate of drug-likeness (QED) is 0.173. The number of esters is 1. The molecule has 0 bridgehead atoms. The van der Waals surface area contributed by atoms with Crippen LogP contribution in [0, 0.1) is 0 Å². The Morgan fingerprint density at radius 1 is 0.875 bits per heavy atom. The highest BCUT2D eigenvalue weighted by Crippen LogP contribution is 2.25. The molecule has 0 aliphatic rings. The molecule has 0 fully saturated rings. The second kappa shape index (κ2) is 9.45. The van der Waals surface area contributed by atoms with E-state index in [1.807, 2.05) is 30.3 Å². The number of ether oxygens (including phenoxy) is 1. The van der Waals surface area contributed by atoms with Gasteiger partial charge in [0.1, 0.15) is 11.5 Å². The zero-order valence-corrected chi connectivity index (χ0v) is 18.2. The fourth-order valence-electron chi connectivity index (χ4n) is 3.05. The van der Waals surface area contributed by atoms with Crippen molar-refractivity contribution in [3.63, 3.8) is 0 Å². The van der Waals surface area contributed by atoms with E-state index in [4.69, 9.17) is 4.74 Å². The second-order valence-electron chi connectivity index (χ2n) is 6.85. The fourth-order valence-corrected chi connectivity index (χ4v) is 3.49. The van der Waals surface area contributed by atoms with E-state index in [0.29, 0.717) is 21.3 Å². The summed E-state index contributed by atoms with van der Waals surface area (Å²) >= 11 is 3.33. The first-order chi connectivity index (χ1) is 15.5. The van der Waals surface area contributed by atoms with Crippen LogP contribution in [0.15, 0.2) is 94.5 Å². The van der Waals surface area contributed by atoms with Crippen molar-refractivity contribution in [1.29, 1.82) is 0 Å². The lowest BCUT2D eigenvalue weighted by molar-refractivity contribution is 0.0733. The molecule has 0 aliphatic heterocycles. The summed E-state index contributed by atoms with van der Waals surface area (Å²) < 4.78 is 6.03. The average molecular weight is 489 g/mol. The first kappa shape index (κ1) is 21.3. The Labute approximate surface area is 192 Å². The predicted molar refractivity (Wildman–Crippen MR) is 126 cm³/mol. The van der Waals surface area contributed by atoms with Crippen molar-refractivity contribution < 1.29 is 19.4 Å². The Bertz CT molecular complexity index is 1330. The number of phenolic OH excluding ortho intramolecular Hbond substituents is 1. The minimum Gasteiger partial charge on any atom is -0.507 e. The monoisotopic (exact) mass is 488 g/mol. The van der Waals surface area contributed by atoms with Gasteiger partial charge in [-0.3, -0.25) is 4.79 Å². The summed E-state index contributed by atoms with van der Waals surface area (Å²) in [6, 6.07) is 24.3. The first-order valence-corrected chi connectivity index (χ1v) is 10.4. The maximum absolute atomic E-state index is 12.4. The van der Waals surface area contributed by atoms with Crippen LogP contribution in [0.1, 0.15) is 26.3 Å². The van der Waals surface area contributed by atoms with Crippen molar-refractivity contribution in [3.05, 3.63) is 106 Å². The van der Waals surface area contributed by atoms with Gasteiger partial charge in [0.2, 0.25) is 0 Å². The number of fused-ring (bicyclic) bond motifs is 1. The lowest BCUT2D eigenvalue weighted by atomic mass is 10.1. The highest BCUT2D eigenvalue weighted by Gasteiger charge is 2.13. The molecule has 4 aromatic rings. The van der Waals surface area contributed by atoms with Crippen LogP contribution in [-0.4, -0.2) is 23.2 Å². The largest absolute Gasteiger partial charge is 0.507 e. The summed E-state index contributed by atoms with van der Waals surface area (Å²) in [5.74, 6) is -0.731. The predicted octanol–water partition coefficient (Wildman–Crippen LogP) is 5.29. The number of amides is 1. The Balaban J connectivity index is 1.39. The number of carbonyl (C=O) groups is 2. The molecule has 4 aromatic carbocycles. The van der Waals surface area contributed by atoms with Gasteiger partial charge in [-0.25, -0.2) is 10.2 Å². The van der Waals surface area contributed by atoms with Gasteiger partial charge in [-0.15, -0.1) is 0 Å². The van der Waals surface area contributed by atoms with Crippen molar-refractivity contribution in [3.8, 4) is 11.5 Å². The van der Waals surface area contributed by atoms with E-state index < -0.39 is 11.9 Å². The fraction of sp³-hybridized carbons (Fsp3) is 0. The van der Waals surface area contributed by atoms with Crippen molar-refractivity contribution in [2.75, 3.05) is 0 Å². The normalized spacial score (nSPS) is 10.9. The standard InChI is InChI=1S/C25H17BrN2O4/c26-22-8-4-3-7-20(22)25(31)32-19-11-9-16(10-12-19)15-27-28-24(30)21-13-17-5-1-2-6-18(17)14-23(21)29/h1-15,29H,(H,28,30)/b27-15+. The SMILES string of the molecule is O=C(N/N=C/c1ccc(OC(=O)c2ccccc2Br)cc1)c1cc2ccccc2cc1O. The Hall–Kier alpha value is -3.97. The van der Waals surface area contributed by atoms with Crippen LogP contribution in [-0.2, 0) is 0 Å². The van der Waals surface area contributed by atoms with E-state index in [1.165, 1.54) is 6.21 Å². The van der Waals surface area contributed by atoms with E-state index in [-0.39, 0.29) is 11.3 Å². The van der Waals surface area contributed by atoms with Crippen LogP contribution in [0.3, 0.4) is 0 Å². The molecule has 0 atom stereocenters. The minimum atomic E-state index is -0.525. The summed E-state index contributed by atoms with van der Waals surface area (Å²) in [5, 5.41) is 15.8. The molecule has 0 aromatic heterocycles. The van der Waals surface area contributed by atoms with Crippen LogP contribution in [0.25, 0.3) is 10.8 Å².